The predicted molar refractivity (Wildman–Crippen MR) is 61.8 cm³/mol. The maximum absolute atomic E-state index is 11.1. The Bertz CT molecular complexity index is 358. The van der Waals surface area contributed by atoms with Crippen LogP contribution in [0.2, 0.25) is 0 Å². The molecule has 0 aromatic heterocycles. The van der Waals surface area contributed by atoms with Gasteiger partial charge < -0.3 is 4.74 Å². The third-order valence-electron chi connectivity index (χ3n) is 2.91. The van der Waals surface area contributed by atoms with Crippen LogP contribution in [0.5, 0.6) is 0 Å². The summed E-state index contributed by atoms with van der Waals surface area (Å²) in [5, 5.41) is 6.23. The Morgan fingerprint density at radius 1 is 1.62 bits per heavy atom. The highest BCUT2D eigenvalue weighted by Crippen LogP contribution is 2.29. The van der Waals surface area contributed by atoms with Gasteiger partial charge in [-0.25, -0.2) is 0 Å². The normalized spacial score (nSPS) is 22.7. The molecule has 4 nitrogen and oxygen atoms in total. The zero-order valence-corrected chi connectivity index (χ0v) is 9.43. The average Bonchev–Trinajstić information content (AvgIpc) is 2.35. The first-order valence-corrected chi connectivity index (χ1v) is 5.55. The van der Waals surface area contributed by atoms with Crippen LogP contribution in [-0.2, 0) is 9.53 Å². The highest BCUT2D eigenvalue weighted by Gasteiger charge is 2.23. The summed E-state index contributed by atoms with van der Waals surface area (Å²) in [5.74, 6) is 0.337. The summed E-state index contributed by atoms with van der Waals surface area (Å²) in [5.41, 5.74) is 1.22. The zero-order chi connectivity index (χ0) is 11.4. The van der Waals surface area contributed by atoms with E-state index in [0.29, 0.717) is 18.9 Å². The second-order valence-corrected chi connectivity index (χ2v) is 3.94. The van der Waals surface area contributed by atoms with Gasteiger partial charge in [0.15, 0.2) is 0 Å². The summed E-state index contributed by atoms with van der Waals surface area (Å²) in [7, 11) is 1.41. The van der Waals surface area contributed by atoms with Gasteiger partial charge in [-0.2, -0.15) is 5.10 Å². The molecule has 0 aromatic rings. The fraction of sp³-hybridized carbons (Fsp3) is 0.500. The maximum Gasteiger partial charge on any atom is 0.307 e. The molecular weight excluding hydrogens is 204 g/mol. The Morgan fingerprint density at radius 2 is 2.50 bits per heavy atom. The van der Waals surface area contributed by atoms with E-state index in [2.05, 4.69) is 28.1 Å². The van der Waals surface area contributed by atoms with Crippen LogP contribution < -0.4 is 0 Å². The zero-order valence-electron chi connectivity index (χ0n) is 9.43. The Kier molecular flexibility index (Phi) is 3.39. The van der Waals surface area contributed by atoms with E-state index in [-0.39, 0.29) is 5.97 Å². The number of hydrogen-bond donors (Lipinski definition) is 0. The van der Waals surface area contributed by atoms with E-state index in [9.17, 15) is 4.79 Å². The molecule has 1 unspecified atom stereocenters. The number of hydrazone groups is 1. The van der Waals surface area contributed by atoms with Gasteiger partial charge >= 0.3 is 5.97 Å². The lowest BCUT2D eigenvalue weighted by Crippen LogP contribution is -2.29. The topological polar surface area (TPSA) is 41.9 Å². The molecule has 0 saturated heterocycles. The largest absolute Gasteiger partial charge is 0.469 e. The van der Waals surface area contributed by atoms with Gasteiger partial charge in [-0.1, -0.05) is 12.2 Å². The van der Waals surface area contributed by atoms with Gasteiger partial charge in [0.05, 0.1) is 20.1 Å². The van der Waals surface area contributed by atoms with Gasteiger partial charge in [0.1, 0.15) is 0 Å². The Hall–Kier alpha value is -1.58. The molecule has 1 aliphatic heterocycles. The molecule has 2 aliphatic rings. The molecule has 0 N–H and O–H groups in total. The van der Waals surface area contributed by atoms with Gasteiger partial charge in [-0.15, -0.1) is 0 Å². The smallest absolute Gasteiger partial charge is 0.307 e. The molecule has 1 aliphatic carbocycles. The summed E-state index contributed by atoms with van der Waals surface area (Å²) in [6.45, 7) is 0.597. The number of nitrogens with zero attached hydrogens (tertiary/aromatic N) is 2. The van der Waals surface area contributed by atoms with Crippen LogP contribution in [0.3, 0.4) is 0 Å². The van der Waals surface area contributed by atoms with E-state index >= 15 is 0 Å². The van der Waals surface area contributed by atoms with Crippen molar-refractivity contribution in [3.63, 3.8) is 0 Å². The second kappa shape index (κ2) is 4.96. The fourth-order valence-electron chi connectivity index (χ4n) is 2.01. The lowest BCUT2D eigenvalue weighted by molar-refractivity contribution is -0.140. The number of esters is 1. The second-order valence-electron chi connectivity index (χ2n) is 3.94. The van der Waals surface area contributed by atoms with E-state index in [0.717, 1.165) is 12.8 Å². The number of methoxy groups -OCH3 is 1. The van der Waals surface area contributed by atoms with Crippen LogP contribution in [0.4, 0.5) is 0 Å². The van der Waals surface area contributed by atoms with Crippen molar-refractivity contribution < 1.29 is 9.53 Å². The molecule has 0 aromatic carbocycles. The van der Waals surface area contributed by atoms with Crippen LogP contribution in [0, 0.1) is 5.92 Å². The quantitative estimate of drug-likeness (QED) is 0.680. The molecular formula is C12H16N2O2. The summed E-state index contributed by atoms with van der Waals surface area (Å²) in [4.78, 5) is 11.1. The van der Waals surface area contributed by atoms with Gasteiger partial charge in [-0.3, -0.25) is 9.80 Å². The van der Waals surface area contributed by atoms with E-state index in [1.165, 1.54) is 12.8 Å². The van der Waals surface area contributed by atoms with Crippen molar-refractivity contribution in [3.05, 3.63) is 23.9 Å². The van der Waals surface area contributed by atoms with Crippen molar-refractivity contribution in [1.29, 1.82) is 0 Å². The SMILES string of the molecule is COC(=O)CCN1N=CCC2CC=CC=C21. The first-order valence-electron chi connectivity index (χ1n) is 5.55. The number of fused-ring (bicyclic) bond motifs is 1. The number of hydrogen-bond acceptors (Lipinski definition) is 4. The summed E-state index contributed by atoms with van der Waals surface area (Å²) < 4.78 is 4.63. The number of rotatable bonds is 3. The third-order valence-corrected chi connectivity index (χ3v) is 2.91. The van der Waals surface area contributed by atoms with Crippen LogP contribution in [0.1, 0.15) is 19.3 Å². The van der Waals surface area contributed by atoms with Gasteiger partial charge in [0, 0.05) is 17.8 Å². The third kappa shape index (κ3) is 2.32. The van der Waals surface area contributed by atoms with Crippen LogP contribution in [-0.4, -0.2) is 30.8 Å². The van der Waals surface area contributed by atoms with Crippen molar-refractivity contribution in [2.75, 3.05) is 13.7 Å². The van der Waals surface area contributed by atoms with Gasteiger partial charge in [-0.05, 0) is 18.9 Å². The standard InChI is InChI=1S/C12H16N2O2/c1-16-12(15)7-9-14-11-5-3-2-4-10(11)6-8-13-14/h2-3,5,8,10H,4,6-7,9H2,1H3. The number of carbonyl (C=O) groups is 1. The first kappa shape index (κ1) is 10.9. The lowest BCUT2D eigenvalue weighted by atomic mass is 9.92. The Morgan fingerprint density at radius 3 is 3.31 bits per heavy atom. The molecule has 0 fully saturated rings. The van der Waals surface area contributed by atoms with Crippen LogP contribution in [0.15, 0.2) is 29.0 Å². The minimum atomic E-state index is -0.190. The van der Waals surface area contributed by atoms with Crippen LogP contribution in [0.25, 0.3) is 0 Å². The van der Waals surface area contributed by atoms with Crippen molar-refractivity contribution in [2.45, 2.75) is 19.3 Å². The molecule has 1 atom stereocenters. The summed E-state index contributed by atoms with van der Waals surface area (Å²) in [6, 6.07) is 0. The van der Waals surface area contributed by atoms with Crippen molar-refractivity contribution >= 4 is 12.2 Å². The molecule has 0 amide bonds. The first-order chi connectivity index (χ1) is 7.81. The van der Waals surface area contributed by atoms with E-state index in [4.69, 9.17) is 0 Å². The van der Waals surface area contributed by atoms with Crippen molar-refractivity contribution in [3.8, 4) is 0 Å². The molecule has 0 saturated carbocycles. The molecule has 0 radical (unpaired) electrons. The van der Waals surface area contributed by atoms with Crippen molar-refractivity contribution in [1.82, 2.24) is 5.01 Å². The Labute approximate surface area is 95.3 Å². The number of allylic oxidation sites excluding steroid dienone is 4. The van der Waals surface area contributed by atoms with Gasteiger partial charge in [0.2, 0.25) is 0 Å². The minimum Gasteiger partial charge on any atom is -0.469 e. The molecule has 1 heterocycles. The minimum absolute atomic E-state index is 0.190. The maximum atomic E-state index is 11.1. The molecule has 86 valence electrons. The van der Waals surface area contributed by atoms with E-state index in [1.54, 1.807) is 0 Å². The lowest BCUT2D eigenvalue weighted by Gasteiger charge is -2.32. The molecule has 0 spiro atoms. The molecule has 2 rings (SSSR count). The molecule has 16 heavy (non-hydrogen) atoms. The molecule has 0 bridgehead atoms. The van der Waals surface area contributed by atoms with Gasteiger partial charge in [0.25, 0.3) is 0 Å². The van der Waals surface area contributed by atoms with E-state index < -0.39 is 0 Å². The summed E-state index contributed by atoms with van der Waals surface area (Å²) in [6.07, 6.45) is 10.7. The molecule has 4 heteroatoms. The monoisotopic (exact) mass is 220 g/mol. The number of ether oxygens (including phenoxy) is 1. The summed E-state index contributed by atoms with van der Waals surface area (Å²) >= 11 is 0. The Balaban J connectivity index is 2.00. The van der Waals surface area contributed by atoms with E-state index in [1.807, 2.05) is 11.2 Å². The highest BCUT2D eigenvalue weighted by molar-refractivity contribution is 5.69. The predicted octanol–water partition coefficient (Wildman–Crippen LogP) is 1.70. The average molecular weight is 220 g/mol. The fourth-order valence-corrected chi connectivity index (χ4v) is 2.01. The van der Waals surface area contributed by atoms with Crippen LogP contribution >= 0.6 is 0 Å². The van der Waals surface area contributed by atoms with Crippen molar-refractivity contribution in [2.24, 2.45) is 11.0 Å². The number of carbonyl (C=O) groups excluding carboxylic acids is 1. The highest BCUT2D eigenvalue weighted by atomic mass is 16.5.